The van der Waals surface area contributed by atoms with Gasteiger partial charge in [-0.2, -0.15) is 4.98 Å². The number of aromatic nitrogens is 3. The molecule has 36 heavy (non-hydrogen) atoms. The lowest BCUT2D eigenvalue weighted by atomic mass is 10.1. The zero-order valence-electron chi connectivity index (χ0n) is 20.6. The van der Waals surface area contributed by atoms with Crippen molar-refractivity contribution in [1.82, 2.24) is 19.4 Å². The van der Waals surface area contributed by atoms with Crippen molar-refractivity contribution >= 4 is 28.4 Å². The van der Waals surface area contributed by atoms with Crippen molar-refractivity contribution in [3.8, 4) is 5.75 Å². The fourth-order valence-corrected chi connectivity index (χ4v) is 5.41. The number of aryl methyl sites for hydroxylation is 1. The van der Waals surface area contributed by atoms with E-state index in [-0.39, 0.29) is 11.6 Å². The Hall–Kier alpha value is -3.91. The maximum Gasteiger partial charge on any atom is 0.252 e. The molecule has 2 aromatic carbocycles. The first-order chi connectivity index (χ1) is 17.6. The van der Waals surface area contributed by atoms with E-state index >= 15 is 0 Å². The maximum absolute atomic E-state index is 13.1. The molecule has 6 rings (SSSR count). The number of methoxy groups -OCH3 is 1. The molecule has 1 N–H and O–H groups in total. The monoisotopic (exact) mass is 482 g/mol. The van der Waals surface area contributed by atoms with Gasteiger partial charge in [0.25, 0.3) is 5.56 Å². The molecule has 1 aliphatic heterocycles. The van der Waals surface area contributed by atoms with Crippen LogP contribution in [0.2, 0.25) is 0 Å². The molecule has 4 aromatic rings. The summed E-state index contributed by atoms with van der Waals surface area (Å²) in [5.74, 6) is 1.28. The van der Waals surface area contributed by atoms with Gasteiger partial charge >= 0.3 is 0 Å². The maximum atomic E-state index is 13.1. The van der Waals surface area contributed by atoms with Crippen LogP contribution in [0.1, 0.15) is 23.6 Å². The highest BCUT2D eigenvalue weighted by Crippen LogP contribution is 2.40. The van der Waals surface area contributed by atoms with E-state index in [1.807, 2.05) is 12.1 Å². The largest absolute Gasteiger partial charge is 0.496 e. The molecule has 1 unspecified atom stereocenters. The molecule has 8 heteroatoms. The summed E-state index contributed by atoms with van der Waals surface area (Å²) in [7, 11) is 3.84. The Bertz CT molecular complexity index is 1460. The minimum atomic E-state index is -0.127. The molecule has 0 saturated carbocycles. The van der Waals surface area contributed by atoms with Crippen LogP contribution in [0.3, 0.4) is 0 Å². The predicted octanol–water partition coefficient (Wildman–Crippen LogP) is 3.83. The SMILES string of the molecule is COc1cccc2c1C(n1c(=O)ccc3cnc(Nc4ccc(N5CCN(C)CC5)cc4)nc31)CC2. The van der Waals surface area contributed by atoms with Crippen LogP contribution in [0.15, 0.2) is 65.6 Å². The van der Waals surface area contributed by atoms with Crippen molar-refractivity contribution in [3.63, 3.8) is 0 Å². The minimum Gasteiger partial charge on any atom is -0.496 e. The highest BCUT2D eigenvalue weighted by atomic mass is 16.5. The van der Waals surface area contributed by atoms with E-state index in [1.54, 1.807) is 30.0 Å². The van der Waals surface area contributed by atoms with Gasteiger partial charge < -0.3 is 19.9 Å². The third kappa shape index (κ3) is 4.07. The van der Waals surface area contributed by atoms with Crippen molar-refractivity contribution < 1.29 is 4.74 Å². The Morgan fingerprint density at radius 3 is 2.58 bits per heavy atom. The van der Waals surface area contributed by atoms with Crippen molar-refractivity contribution in [3.05, 3.63) is 82.3 Å². The van der Waals surface area contributed by atoms with E-state index in [4.69, 9.17) is 9.72 Å². The number of rotatable bonds is 5. The zero-order chi connectivity index (χ0) is 24.6. The van der Waals surface area contributed by atoms with Gasteiger partial charge in [-0.3, -0.25) is 9.36 Å². The Morgan fingerprint density at radius 1 is 1.00 bits per heavy atom. The molecule has 0 radical (unpaired) electrons. The normalized spacial score (nSPS) is 17.8. The van der Waals surface area contributed by atoms with Gasteiger partial charge in [0.05, 0.1) is 13.2 Å². The summed E-state index contributed by atoms with van der Waals surface area (Å²) in [6.45, 7) is 4.21. The third-order valence-corrected chi connectivity index (χ3v) is 7.37. The highest BCUT2D eigenvalue weighted by Gasteiger charge is 2.29. The number of anilines is 3. The van der Waals surface area contributed by atoms with E-state index in [2.05, 4.69) is 57.5 Å². The molecule has 1 aliphatic carbocycles. The third-order valence-electron chi connectivity index (χ3n) is 7.37. The number of fused-ring (bicyclic) bond motifs is 2. The summed E-state index contributed by atoms with van der Waals surface area (Å²) in [6, 6.07) is 17.7. The number of piperazine rings is 1. The zero-order valence-corrected chi connectivity index (χ0v) is 20.6. The van der Waals surface area contributed by atoms with E-state index in [0.717, 1.165) is 61.4 Å². The van der Waals surface area contributed by atoms with Gasteiger partial charge in [-0.05, 0) is 61.9 Å². The number of nitrogens with zero attached hydrogens (tertiary/aromatic N) is 5. The molecular weight excluding hydrogens is 452 g/mol. The lowest BCUT2D eigenvalue weighted by Gasteiger charge is -2.34. The lowest BCUT2D eigenvalue weighted by molar-refractivity contribution is 0.313. The summed E-state index contributed by atoms with van der Waals surface area (Å²) >= 11 is 0. The summed E-state index contributed by atoms with van der Waals surface area (Å²) in [5.41, 5.74) is 4.96. The number of benzene rings is 2. The Balaban J connectivity index is 1.32. The van der Waals surface area contributed by atoms with Crippen LogP contribution in [0.25, 0.3) is 11.0 Å². The van der Waals surface area contributed by atoms with Gasteiger partial charge in [0.2, 0.25) is 5.95 Å². The van der Waals surface area contributed by atoms with Crippen LogP contribution in [0.4, 0.5) is 17.3 Å². The Labute approximate surface area is 210 Å². The van der Waals surface area contributed by atoms with Gasteiger partial charge in [-0.1, -0.05) is 12.1 Å². The lowest BCUT2D eigenvalue weighted by Crippen LogP contribution is -2.44. The van der Waals surface area contributed by atoms with Gasteiger partial charge in [-0.15, -0.1) is 0 Å². The quantitative estimate of drug-likeness (QED) is 0.463. The molecule has 1 fully saturated rings. The van der Waals surface area contributed by atoms with Crippen LogP contribution in [0.5, 0.6) is 5.75 Å². The molecular formula is C28H30N6O2. The van der Waals surface area contributed by atoms with Gasteiger partial charge in [-0.25, -0.2) is 4.98 Å². The first-order valence-corrected chi connectivity index (χ1v) is 12.5. The van der Waals surface area contributed by atoms with E-state index in [9.17, 15) is 4.79 Å². The number of likely N-dealkylation sites (N-methyl/N-ethyl adjacent to an activating group) is 1. The standard InChI is InChI=1S/C28H30N6O2/c1-32-14-16-33(17-15-32)22-10-8-21(9-11-22)30-28-29-18-20-7-13-25(35)34(27(20)31-28)23-12-6-19-4-3-5-24(36-2)26(19)23/h3-5,7-11,13,18,23H,6,12,14-17H2,1-2H3,(H,29,30,31). The second-order valence-electron chi connectivity index (χ2n) is 9.56. The van der Waals surface area contributed by atoms with Crippen LogP contribution >= 0.6 is 0 Å². The Kier molecular flexibility index (Phi) is 5.81. The number of hydrogen-bond acceptors (Lipinski definition) is 7. The van der Waals surface area contributed by atoms with E-state index in [1.165, 1.54) is 11.3 Å². The van der Waals surface area contributed by atoms with E-state index < -0.39 is 0 Å². The number of pyridine rings is 1. The average Bonchev–Trinajstić information content (AvgIpc) is 3.33. The first kappa shape index (κ1) is 22.5. The topological polar surface area (TPSA) is 75.5 Å². The Morgan fingerprint density at radius 2 is 1.81 bits per heavy atom. The minimum absolute atomic E-state index is 0.0764. The van der Waals surface area contributed by atoms with Gasteiger partial charge in [0.15, 0.2) is 0 Å². The molecule has 0 bridgehead atoms. The van der Waals surface area contributed by atoms with Crippen LogP contribution in [-0.2, 0) is 6.42 Å². The molecule has 2 aliphatic rings. The van der Waals surface area contributed by atoms with Crippen molar-refractivity contribution in [2.45, 2.75) is 18.9 Å². The van der Waals surface area contributed by atoms with Gasteiger partial charge in [0, 0.05) is 60.8 Å². The fourth-order valence-electron chi connectivity index (χ4n) is 5.41. The van der Waals surface area contributed by atoms with Crippen LogP contribution in [0, 0.1) is 0 Å². The second kappa shape index (κ2) is 9.28. The molecule has 8 nitrogen and oxygen atoms in total. The number of hydrogen-bond donors (Lipinski definition) is 1. The molecule has 0 amide bonds. The first-order valence-electron chi connectivity index (χ1n) is 12.5. The average molecular weight is 483 g/mol. The molecule has 1 saturated heterocycles. The second-order valence-corrected chi connectivity index (χ2v) is 9.56. The van der Waals surface area contributed by atoms with Crippen LogP contribution < -0.4 is 20.5 Å². The molecule has 1 atom stereocenters. The van der Waals surface area contributed by atoms with Crippen molar-refractivity contribution in [2.24, 2.45) is 0 Å². The number of ether oxygens (including phenoxy) is 1. The molecule has 3 heterocycles. The van der Waals surface area contributed by atoms with Gasteiger partial charge in [0.1, 0.15) is 11.4 Å². The molecule has 0 spiro atoms. The smallest absolute Gasteiger partial charge is 0.252 e. The predicted molar refractivity (Wildman–Crippen MR) is 143 cm³/mol. The molecule has 184 valence electrons. The number of nitrogens with one attached hydrogen (secondary N) is 1. The highest BCUT2D eigenvalue weighted by molar-refractivity contribution is 5.76. The van der Waals surface area contributed by atoms with Crippen LogP contribution in [-0.4, -0.2) is 59.8 Å². The summed E-state index contributed by atoms with van der Waals surface area (Å²) in [6.07, 6.45) is 3.50. The summed E-state index contributed by atoms with van der Waals surface area (Å²) < 4.78 is 7.45. The van der Waals surface area contributed by atoms with Crippen molar-refractivity contribution in [2.75, 3.05) is 50.6 Å². The summed E-state index contributed by atoms with van der Waals surface area (Å²) in [4.78, 5) is 27.2. The fraction of sp³-hybridized carbons (Fsp3) is 0.321. The van der Waals surface area contributed by atoms with E-state index in [0.29, 0.717) is 11.6 Å². The van der Waals surface area contributed by atoms with Crippen molar-refractivity contribution in [1.29, 1.82) is 0 Å². The summed E-state index contributed by atoms with van der Waals surface area (Å²) in [5, 5.41) is 4.15. The molecule has 2 aromatic heterocycles.